The van der Waals surface area contributed by atoms with Crippen LogP contribution in [0, 0.1) is 0 Å². The van der Waals surface area contributed by atoms with Gasteiger partial charge in [0, 0.05) is 12.7 Å². The lowest BCUT2D eigenvalue weighted by Crippen LogP contribution is -2.17. The van der Waals surface area contributed by atoms with Crippen LogP contribution in [0.4, 0.5) is 5.69 Å². The lowest BCUT2D eigenvalue weighted by atomic mass is 10.3. The predicted octanol–water partition coefficient (Wildman–Crippen LogP) is 2.54. The Hall–Kier alpha value is -2.82. The van der Waals surface area contributed by atoms with Gasteiger partial charge in [-0.2, -0.15) is 0 Å². The molecule has 0 aliphatic heterocycles. The Labute approximate surface area is 121 Å². The van der Waals surface area contributed by atoms with Crippen LogP contribution in [0.15, 0.2) is 53.3 Å². The molecule has 3 aromatic rings. The highest BCUT2D eigenvalue weighted by Gasteiger charge is 2.05. The van der Waals surface area contributed by atoms with E-state index in [1.165, 1.54) is 0 Å². The Morgan fingerprint density at radius 1 is 1.14 bits per heavy atom. The van der Waals surface area contributed by atoms with Gasteiger partial charge in [-0.05, 0) is 36.4 Å². The largest absolute Gasteiger partial charge is 0.487 e. The topological polar surface area (TPSA) is 67.0 Å². The molecule has 0 amide bonds. The van der Waals surface area contributed by atoms with Gasteiger partial charge in [0.05, 0.1) is 11.0 Å². The van der Waals surface area contributed by atoms with E-state index in [9.17, 15) is 4.79 Å². The number of para-hydroxylation sites is 2. The molecule has 21 heavy (non-hydrogen) atoms. The molecule has 0 aliphatic carbocycles. The summed E-state index contributed by atoms with van der Waals surface area (Å²) >= 11 is 0. The lowest BCUT2D eigenvalue weighted by Gasteiger charge is -2.07. The molecule has 0 bridgehead atoms. The zero-order valence-electron chi connectivity index (χ0n) is 11.6. The summed E-state index contributed by atoms with van der Waals surface area (Å²) in [5.74, 6) is 0.698. The van der Waals surface area contributed by atoms with Gasteiger partial charge in [-0.1, -0.05) is 12.1 Å². The molecule has 2 aromatic carbocycles. The summed E-state index contributed by atoms with van der Waals surface area (Å²) in [7, 11) is 1.86. The smallest absolute Gasteiger partial charge is 0.273 e. The molecule has 0 fully saturated rings. The van der Waals surface area contributed by atoms with Gasteiger partial charge in [0.25, 0.3) is 5.56 Å². The van der Waals surface area contributed by atoms with E-state index in [-0.39, 0.29) is 12.2 Å². The SMILES string of the molecule is CNc1ccc(OCc2nc3ccccc3[nH]c2=O)cc1. The minimum Gasteiger partial charge on any atom is -0.487 e. The van der Waals surface area contributed by atoms with Crippen LogP contribution in [0.3, 0.4) is 0 Å². The van der Waals surface area contributed by atoms with Crippen molar-refractivity contribution in [3.63, 3.8) is 0 Å². The number of nitrogens with one attached hydrogen (secondary N) is 2. The molecule has 0 unspecified atom stereocenters. The van der Waals surface area contributed by atoms with E-state index in [2.05, 4.69) is 15.3 Å². The van der Waals surface area contributed by atoms with E-state index in [0.29, 0.717) is 11.4 Å². The van der Waals surface area contributed by atoms with E-state index in [0.717, 1.165) is 16.7 Å². The van der Waals surface area contributed by atoms with Crippen molar-refractivity contribution in [3.8, 4) is 5.75 Å². The molecule has 0 saturated heterocycles. The summed E-state index contributed by atoms with van der Waals surface area (Å²) in [6.07, 6.45) is 0. The molecule has 106 valence electrons. The summed E-state index contributed by atoms with van der Waals surface area (Å²) in [6, 6.07) is 14.9. The first-order valence-corrected chi connectivity index (χ1v) is 6.65. The van der Waals surface area contributed by atoms with Crippen molar-refractivity contribution in [2.45, 2.75) is 6.61 Å². The van der Waals surface area contributed by atoms with Gasteiger partial charge in [0.1, 0.15) is 18.1 Å². The van der Waals surface area contributed by atoms with Crippen LogP contribution in [0.25, 0.3) is 11.0 Å². The van der Waals surface area contributed by atoms with E-state index < -0.39 is 0 Å². The van der Waals surface area contributed by atoms with Crippen LogP contribution in [-0.2, 0) is 6.61 Å². The fraction of sp³-hybridized carbons (Fsp3) is 0.125. The Kier molecular flexibility index (Phi) is 3.55. The molecule has 2 N–H and O–H groups in total. The maximum Gasteiger partial charge on any atom is 0.273 e. The van der Waals surface area contributed by atoms with E-state index in [4.69, 9.17) is 4.74 Å². The quantitative estimate of drug-likeness (QED) is 0.771. The number of anilines is 1. The number of aromatic amines is 1. The Bertz CT molecular complexity index is 810. The van der Waals surface area contributed by atoms with Gasteiger partial charge in [-0.25, -0.2) is 4.98 Å². The van der Waals surface area contributed by atoms with Crippen LogP contribution >= 0.6 is 0 Å². The van der Waals surface area contributed by atoms with Crippen molar-refractivity contribution in [1.82, 2.24) is 9.97 Å². The zero-order valence-corrected chi connectivity index (χ0v) is 11.6. The molecule has 3 rings (SSSR count). The number of ether oxygens (including phenoxy) is 1. The molecule has 1 aromatic heterocycles. The first-order chi connectivity index (χ1) is 10.3. The Morgan fingerprint density at radius 2 is 1.90 bits per heavy atom. The average molecular weight is 281 g/mol. The number of nitrogens with zero attached hydrogens (tertiary/aromatic N) is 1. The van der Waals surface area contributed by atoms with Gasteiger partial charge in [0.2, 0.25) is 0 Å². The highest BCUT2D eigenvalue weighted by atomic mass is 16.5. The molecular formula is C16H15N3O2. The number of hydrogen-bond donors (Lipinski definition) is 2. The van der Waals surface area contributed by atoms with Crippen molar-refractivity contribution >= 4 is 16.7 Å². The minimum absolute atomic E-state index is 0.138. The van der Waals surface area contributed by atoms with E-state index >= 15 is 0 Å². The summed E-state index contributed by atoms with van der Waals surface area (Å²) in [5.41, 5.74) is 2.63. The van der Waals surface area contributed by atoms with Gasteiger partial charge < -0.3 is 15.0 Å². The van der Waals surface area contributed by atoms with Crippen molar-refractivity contribution in [3.05, 3.63) is 64.6 Å². The number of rotatable bonds is 4. The molecule has 5 nitrogen and oxygen atoms in total. The maximum absolute atomic E-state index is 11.9. The fourth-order valence-corrected chi connectivity index (χ4v) is 2.03. The molecule has 0 saturated carbocycles. The van der Waals surface area contributed by atoms with Crippen molar-refractivity contribution in [2.75, 3.05) is 12.4 Å². The van der Waals surface area contributed by atoms with Crippen LogP contribution in [0.5, 0.6) is 5.75 Å². The molecule has 0 aliphatic rings. The maximum atomic E-state index is 11.9. The second kappa shape index (κ2) is 5.66. The standard InChI is InChI=1S/C16H15N3O2/c1-17-11-6-8-12(9-7-11)21-10-15-16(20)19-14-5-3-2-4-13(14)18-15/h2-9,17H,10H2,1H3,(H,19,20). The molecule has 0 atom stereocenters. The Balaban J connectivity index is 1.81. The molecule has 1 heterocycles. The van der Waals surface area contributed by atoms with Crippen molar-refractivity contribution < 1.29 is 4.74 Å². The molecule has 0 spiro atoms. The lowest BCUT2D eigenvalue weighted by molar-refractivity contribution is 0.300. The summed E-state index contributed by atoms with van der Waals surface area (Å²) in [5, 5.41) is 3.03. The fourth-order valence-electron chi connectivity index (χ4n) is 2.03. The number of hydrogen-bond acceptors (Lipinski definition) is 4. The zero-order chi connectivity index (χ0) is 14.7. The van der Waals surface area contributed by atoms with Crippen LogP contribution in [-0.4, -0.2) is 17.0 Å². The third-order valence-electron chi connectivity index (χ3n) is 3.19. The van der Waals surface area contributed by atoms with Crippen LogP contribution < -0.4 is 15.6 Å². The monoisotopic (exact) mass is 281 g/mol. The van der Waals surface area contributed by atoms with Crippen LogP contribution in [0.1, 0.15) is 5.69 Å². The first-order valence-electron chi connectivity index (χ1n) is 6.65. The average Bonchev–Trinajstić information content (AvgIpc) is 2.53. The minimum atomic E-state index is -0.222. The second-order valence-electron chi connectivity index (χ2n) is 4.59. The normalized spacial score (nSPS) is 10.5. The number of H-pyrrole nitrogens is 1. The van der Waals surface area contributed by atoms with Gasteiger partial charge in [-0.15, -0.1) is 0 Å². The summed E-state index contributed by atoms with van der Waals surface area (Å²) in [6.45, 7) is 0.138. The van der Waals surface area contributed by atoms with Crippen molar-refractivity contribution in [2.24, 2.45) is 0 Å². The van der Waals surface area contributed by atoms with Gasteiger partial charge >= 0.3 is 0 Å². The van der Waals surface area contributed by atoms with E-state index in [1.807, 2.05) is 55.6 Å². The highest BCUT2D eigenvalue weighted by molar-refractivity contribution is 5.73. The van der Waals surface area contributed by atoms with Gasteiger partial charge in [-0.3, -0.25) is 4.79 Å². The third kappa shape index (κ3) is 2.86. The molecule has 0 radical (unpaired) electrons. The van der Waals surface area contributed by atoms with E-state index in [1.54, 1.807) is 0 Å². The first kappa shape index (κ1) is 13.2. The summed E-state index contributed by atoms with van der Waals surface area (Å²) < 4.78 is 5.61. The van der Waals surface area contributed by atoms with Gasteiger partial charge in [0.15, 0.2) is 0 Å². The predicted molar refractivity (Wildman–Crippen MR) is 82.7 cm³/mol. The third-order valence-corrected chi connectivity index (χ3v) is 3.19. The van der Waals surface area contributed by atoms with Crippen LogP contribution in [0.2, 0.25) is 0 Å². The number of benzene rings is 2. The highest BCUT2D eigenvalue weighted by Crippen LogP contribution is 2.16. The van der Waals surface area contributed by atoms with Crippen molar-refractivity contribution in [1.29, 1.82) is 0 Å². The number of fused-ring (bicyclic) bond motifs is 1. The second-order valence-corrected chi connectivity index (χ2v) is 4.59. The summed E-state index contributed by atoms with van der Waals surface area (Å²) in [4.78, 5) is 19.1. The number of aromatic nitrogens is 2. The molecule has 5 heteroatoms. The Morgan fingerprint density at radius 3 is 2.67 bits per heavy atom. The molecular weight excluding hydrogens is 266 g/mol.